The minimum atomic E-state index is -5.42. The molecule has 1 aromatic rings. The van der Waals surface area contributed by atoms with Crippen LogP contribution in [0.2, 0.25) is 0 Å². The fourth-order valence-electron chi connectivity index (χ4n) is 1.59. The summed E-state index contributed by atoms with van der Waals surface area (Å²) in [6.07, 6.45) is -13.8. The Labute approximate surface area is 116 Å². The Morgan fingerprint density at radius 1 is 1.09 bits per heavy atom. The Morgan fingerprint density at radius 3 is 1.86 bits per heavy atom. The standard InChI is InChI=1S/C10H5F6NO5/c11-9(12,13)4-2-6(17(21)22)5(10(14,15)16)1-3(4)7(18)8(19)20/h1-2,7,18H,(H,19,20). The predicted octanol–water partition coefficient (Wildman–Crippen LogP) is 2.75. The van der Waals surface area contributed by atoms with Gasteiger partial charge in [-0.15, -0.1) is 0 Å². The molecule has 0 spiro atoms. The molecule has 0 aliphatic heterocycles. The zero-order valence-electron chi connectivity index (χ0n) is 10.1. The number of carboxylic acids is 1. The molecule has 0 fully saturated rings. The van der Waals surface area contributed by atoms with Crippen molar-refractivity contribution in [2.24, 2.45) is 0 Å². The van der Waals surface area contributed by atoms with Crippen molar-refractivity contribution in [1.82, 2.24) is 0 Å². The third kappa shape index (κ3) is 3.44. The van der Waals surface area contributed by atoms with Crippen molar-refractivity contribution in [1.29, 1.82) is 0 Å². The maximum absolute atomic E-state index is 12.7. The van der Waals surface area contributed by atoms with E-state index in [2.05, 4.69) is 0 Å². The molecule has 12 heteroatoms. The van der Waals surface area contributed by atoms with E-state index in [1.54, 1.807) is 0 Å². The second-order valence-corrected chi connectivity index (χ2v) is 3.95. The van der Waals surface area contributed by atoms with Crippen LogP contribution < -0.4 is 0 Å². The fourth-order valence-corrected chi connectivity index (χ4v) is 1.59. The molecule has 0 amide bonds. The Bertz CT molecular complexity index is 623. The van der Waals surface area contributed by atoms with E-state index < -0.39 is 57.8 Å². The van der Waals surface area contributed by atoms with Crippen molar-refractivity contribution >= 4 is 11.7 Å². The van der Waals surface area contributed by atoms with Crippen LogP contribution in [0.3, 0.4) is 0 Å². The van der Waals surface area contributed by atoms with Gasteiger partial charge in [0.05, 0.1) is 10.5 Å². The first-order chi connectivity index (χ1) is 9.76. The average molecular weight is 333 g/mol. The number of aliphatic hydroxyl groups is 1. The van der Waals surface area contributed by atoms with E-state index in [9.17, 15) is 41.3 Å². The minimum absolute atomic E-state index is 0.389. The topological polar surface area (TPSA) is 101 Å². The maximum atomic E-state index is 12.7. The third-order valence-corrected chi connectivity index (χ3v) is 2.50. The highest BCUT2D eigenvalue weighted by Gasteiger charge is 2.44. The number of benzene rings is 1. The highest BCUT2D eigenvalue weighted by Crippen LogP contribution is 2.43. The summed E-state index contributed by atoms with van der Waals surface area (Å²) in [6, 6.07) is -0.843. The molecule has 0 saturated heterocycles. The first-order valence-corrected chi connectivity index (χ1v) is 5.14. The molecule has 0 aromatic heterocycles. The number of carboxylic acid groups (broad SMARTS) is 1. The Kier molecular flexibility index (Phi) is 4.37. The largest absolute Gasteiger partial charge is 0.479 e. The number of rotatable bonds is 3. The number of halogens is 6. The van der Waals surface area contributed by atoms with E-state index in [4.69, 9.17) is 10.2 Å². The molecular formula is C10H5F6NO5. The van der Waals surface area contributed by atoms with Crippen LogP contribution in [0.15, 0.2) is 12.1 Å². The predicted molar refractivity (Wildman–Crippen MR) is 55.7 cm³/mol. The van der Waals surface area contributed by atoms with Gasteiger partial charge in [0.15, 0.2) is 6.10 Å². The lowest BCUT2D eigenvalue weighted by Crippen LogP contribution is -2.20. The summed E-state index contributed by atoms with van der Waals surface area (Å²) >= 11 is 0. The average Bonchev–Trinajstić information content (AvgIpc) is 2.33. The summed E-state index contributed by atoms with van der Waals surface area (Å²) in [7, 11) is 0. The number of aliphatic hydroxyl groups excluding tert-OH is 1. The molecule has 1 aromatic carbocycles. The normalized spacial score (nSPS) is 13.8. The van der Waals surface area contributed by atoms with Crippen molar-refractivity contribution in [3.63, 3.8) is 0 Å². The first kappa shape index (κ1) is 17.7. The molecule has 1 unspecified atom stereocenters. The SMILES string of the molecule is O=C(O)C(O)c1cc(C(F)(F)F)c([N+](=O)[O-])cc1C(F)(F)F. The number of nitro groups is 1. The van der Waals surface area contributed by atoms with Gasteiger partial charge in [-0.1, -0.05) is 0 Å². The minimum Gasteiger partial charge on any atom is -0.479 e. The van der Waals surface area contributed by atoms with Gasteiger partial charge in [0.25, 0.3) is 5.69 Å². The smallest absolute Gasteiger partial charge is 0.423 e. The van der Waals surface area contributed by atoms with Gasteiger partial charge in [0.1, 0.15) is 5.56 Å². The van der Waals surface area contributed by atoms with Crippen molar-refractivity contribution in [2.45, 2.75) is 18.5 Å². The lowest BCUT2D eigenvalue weighted by Gasteiger charge is -2.17. The quantitative estimate of drug-likeness (QED) is 0.503. The van der Waals surface area contributed by atoms with Gasteiger partial charge in [-0.05, 0) is 6.07 Å². The molecule has 0 saturated carbocycles. The molecule has 0 bridgehead atoms. The molecule has 0 aliphatic carbocycles. The van der Waals surface area contributed by atoms with Gasteiger partial charge >= 0.3 is 18.3 Å². The summed E-state index contributed by atoms with van der Waals surface area (Å²) in [4.78, 5) is 19.4. The summed E-state index contributed by atoms with van der Waals surface area (Å²) < 4.78 is 76.2. The Morgan fingerprint density at radius 2 is 1.55 bits per heavy atom. The maximum Gasteiger partial charge on any atom is 0.423 e. The highest BCUT2D eigenvalue weighted by molar-refractivity contribution is 5.75. The van der Waals surface area contributed by atoms with E-state index in [-0.39, 0.29) is 6.07 Å². The molecule has 6 nitrogen and oxygen atoms in total. The van der Waals surface area contributed by atoms with Gasteiger partial charge in [0.2, 0.25) is 0 Å². The molecule has 0 aliphatic rings. The summed E-state index contributed by atoms with van der Waals surface area (Å²) in [5.41, 5.74) is -7.68. The number of nitro benzene ring substituents is 1. The van der Waals surface area contributed by atoms with E-state index in [0.29, 0.717) is 0 Å². The van der Waals surface area contributed by atoms with Gasteiger partial charge in [-0.2, -0.15) is 26.3 Å². The Balaban J connectivity index is 3.82. The van der Waals surface area contributed by atoms with E-state index in [1.165, 1.54) is 0 Å². The number of carbonyl (C=O) groups is 1. The van der Waals surface area contributed by atoms with Crippen LogP contribution in [0.25, 0.3) is 0 Å². The number of nitrogens with zero attached hydrogens (tertiary/aromatic N) is 1. The van der Waals surface area contributed by atoms with Crippen LogP contribution in [0.5, 0.6) is 0 Å². The van der Waals surface area contributed by atoms with Crippen LogP contribution in [0.4, 0.5) is 32.0 Å². The number of aliphatic carboxylic acids is 1. The van der Waals surface area contributed by atoms with Crippen LogP contribution >= 0.6 is 0 Å². The van der Waals surface area contributed by atoms with Crippen LogP contribution in [0, 0.1) is 10.1 Å². The number of alkyl halides is 6. The summed E-state index contributed by atoms with van der Waals surface area (Å²) in [6.45, 7) is 0. The zero-order chi connectivity index (χ0) is 17.5. The lowest BCUT2D eigenvalue weighted by atomic mass is 9.97. The summed E-state index contributed by atoms with van der Waals surface area (Å²) in [5, 5.41) is 28.1. The van der Waals surface area contributed by atoms with Crippen molar-refractivity contribution in [3.05, 3.63) is 38.9 Å². The van der Waals surface area contributed by atoms with Gasteiger partial charge < -0.3 is 10.2 Å². The fraction of sp³-hybridized carbons (Fsp3) is 0.300. The zero-order valence-corrected chi connectivity index (χ0v) is 10.1. The first-order valence-electron chi connectivity index (χ1n) is 5.14. The third-order valence-electron chi connectivity index (χ3n) is 2.50. The number of hydrogen-bond donors (Lipinski definition) is 2. The van der Waals surface area contributed by atoms with E-state index in [1.807, 2.05) is 0 Å². The monoisotopic (exact) mass is 333 g/mol. The molecule has 0 heterocycles. The molecule has 1 atom stereocenters. The van der Waals surface area contributed by atoms with Crippen molar-refractivity contribution in [3.8, 4) is 0 Å². The molecule has 0 radical (unpaired) electrons. The van der Waals surface area contributed by atoms with Gasteiger partial charge in [0, 0.05) is 11.6 Å². The second-order valence-electron chi connectivity index (χ2n) is 3.95. The molecule has 1 rings (SSSR count). The summed E-state index contributed by atoms with van der Waals surface area (Å²) in [5.74, 6) is -2.24. The molecule has 2 N–H and O–H groups in total. The van der Waals surface area contributed by atoms with Crippen molar-refractivity contribution in [2.75, 3.05) is 0 Å². The van der Waals surface area contributed by atoms with E-state index in [0.717, 1.165) is 0 Å². The van der Waals surface area contributed by atoms with Crippen molar-refractivity contribution < 1.29 is 46.3 Å². The number of hydrogen-bond acceptors (Lipinski definition) is 4. The molecular weight excluding hydrogens is 328 g/mol. The van der Waals surface area contributed by atoms with E-state index >= 15 is 0 Å². The van der Waals surface area contributed by atoms with Crippen LogP contribution in [-0.4, -0.2) is 21.1 Å². The van der Waals surface area contributed by atoms with Gasteiger partial charge in [-0.3, -0.25) is 10.1 Å². The highest BCUT2D eigenvalue weighted by atomic mass is 19.4. The lowest BCUT2D eigenvalue weighted by molar-refractivity contribution is -0.388. The molecule has 122 valence electrons. The van der Waals surface area contributed by atoms with Crippen LogP contribution in [-0.2, 0) is 17.1 Å². The van der Waals surface area contributed by atoms with Gasteiger partial charge in [-0.25, -0.2) is 4.79 Å². The second kappa shape index (κ2) is 5.44. The molecule has 22 heavy (non-hydrogen) atoms. The Hall–Kier alpha value is -2.37. The van der Waals surface area contributed by atoms with Crippen LogP contribution in [0.1, 0.15) is 22.8 Å².